The van der Waals surface area contributed by atoms with Crippen LogP contribution in [0.5, 0.6) is 0 Å². The van der Waals surface area contributed by atoms with Crippen LogP contribution in [0.2, 0.25) is 0 Å². The van der Waals surface area contributed by atoms with Crippen LogP contribution >= 0.6 is 11.3 Å². The van der Waals surface area contributed by atoms with Gasteiger partial charge in [0, 0.05) is 40.3 Å². The van der Waals surface area contributed by atoms with Crippen LogP contribution in [0.1, 0.15) is 32.7 Å². The summed E-state index contributed by atoms with van der Waals surface area (Å²) in [6.07, 6.45) is 5.25. The number of hydrogen-bond acceptors (Lipinski definition) is 5. The number of rotatable bonds is 8. The molecule has 0 saturated carbocycles. The summed E-state index contributed by atoms with van der Waals surface area (Å²) in [6, 6.07) is 21.9. The molecule has 0 aliphatic carbocycles. The highest BCUT2D eigenvalue weighted by molar-refractivity contribution is 7.14. The normalized spacial score (nSPS) is 11.1. The maximum Gasteiger partial charge on any atom is 0.219 e. The van der Waals surface area contributed by atoms with Crippen molar-refractivity contribution < 1.29 is 4.79 Å². The number of benzene rings is 1. The molecular weight excluding hydrogens is 428 g/mol. The number of para-hydroxylation sites is 1. The van der Waals surface area contributed by atoms with Crippen molar-refractivity contribution in [2.24, 2.45) is 0 Å². The van der Waals surface area contributed by atoms with Crippen LogP contribution in [-0.2, 0) is 12.8 Å². The number of carbonyl (C=O) groups is 1. The van der Waals surface area contributed by atoms with E-state index in [-0.39, 0.29) is 5.78 Å². The molecule has 0 saturated heterocycles. The molecule has 0 amide bonds. The first-order chi connectivity index (χ1) is 16.2. The van der Waals surface area contributed by atoms with Gasteiger partial charge in [-0.15, -0.1) is 11.3 Å². The summed E-state index contributed by atoms with van der Waals surface area (Å²) in [5, 5.41) is 4.48. The largest absolute Gasteiger partial charge is 0.370 e. The molecule has 2 N–H and O–H groups in total. The van der Waals surface area contributed by atoms with Crippen LogP contribution in [0.4, 0.5) is 5.82 Å². The summed E-state index contributed by atoms with van der Waals surface area (Å²) < 4.78 is 0. The second kappa shape index (κ2) is 9.38. The first kappa shape index (κ1) is 21.1. The molecule has 0 atom stereocenters. The van der Waals surface area contributed by atoms with Crippen molar-refractivity contribution in [1.29, 1.82) is 0 Å². The van der Waals surface area contributed by atoms with E-state index in [4.69, 9.17) is 0 Å². The molecule has 5 rings (SSSR count). The second-order valence-electron chi connectivity index (χ2n) is 7.80. The van der Waals surface area contributed by atoms with Gasteiger partial charge in [0.05, 0.1) is 16.3 Å². The summed E-state index contributed by atoms with van der Waals surface area (Å²) in [5.41, 5.74) is 4.59. The predicted molar refractivity (Wildman–Crippen MR) is 135 cm³/mol. The minimum atomic E-state index is 0.0590. The van der Waals surface area contributed by atoms with Crippen LogP contribution in [0.25, 0.3) is 22.2 Å². The van der Waals surface area contributed by atoms with Crippen molar-refractivity contribution in [1.82, 2.24) is 15.0 Å². The smallest absolute Gasteiger partial charge is 0.219 e. The zero-order valence-electron chi connectivity index (χ0n) is 18.3. The summed E-state index contributed by atoms with van der Waals surface area (Å²) in [5.74, 6) is 0.858. The van der Waals surface area contributed by atoms with Crippen LogP contribution in [0, 0.1) is 0 Å². The van der Waals surface area contributed by atoms with Crippen LogP contribution in [0.3, 0.4) is 0 Å². The van der Waals surface area contributed by atoms with Crippen molar-refractivity contribution in [2.45, 2.75) is 19.8 Å². The minimum absolute atomic E-state index is 0.0590. The zero-order valence-corrected chi connectivity index (χ0v) is 19.2. The van der Waals surface area contributed by atoms with Gasteiger partial charge in [0.2, 0.25) is 5.78 Å². The Kier molecular flexibility index (Phi) is 6.00. The van der Waals surface area contributed by atoms with Gasteiger partial charge in [-0.1, -0.05) is 31.2 Å². The van der Waals surface area contributed by atoms with Gasteiger partial charge in [0.25, 0.3) is 0 Å². The molecule has 0 aliphatic heterocycles. The fourth-order valence-electron chi connectivity index (χ4n) is 3.97. The van der Waals surface area contributed by atoms with Gasteiger partial charge in [0.1, 0.15) is 5.82 Å². The van der Waals surface area contributed by atoms with Crippen LogP contribution < -0.4 is 5.32 Å². The third kappa shape index (κ3) is 4.43. The first-order valence-corrected chi connectivity index (χ1v) is 11.9. The third-order valence-electron chi connectivity index (χ3n) is 5.68. The number of aromatic nitrogens is 3. The number of thiophene rings is 1. The number of pyridine rings is 2. The van der Waals surface area contributed by atoms with Crippen molar-refractivity contribution in [3.8, 4) is 11.3 Å². The van der Waals surface area contributed by atoms with Gasteiger partial charge < -0.3 is 10.3 Å². The highest BCUT2D eigenvalue weighted by Crippen LogP contribution is 2.28. The number of fused-ring (bicyclic) bond motifs is 1. The Morgan fingerprint density at radius 3 is 2.64 bits per heavy atom. The highest BCUT2D eigenvalue weighted by Gasteiger charge is 2.20. The van der Waals surface area contributed by atoms with E-state index in [1.165, 1.54) is 4.88 Å². The lowest BCUT2D eigenvalue weighted by atomic mass is 10.0. The van der Waals surface area contributed by atoms with Crippen molar-refractivity contribution in [3.05, 3.63) is 100 Å². The molecule has 0 radical (unpaired) electrons. The highest BCUT2D eigenvalue weighted by atomic mass is 32.1. The Hall–Kier alpha value is -3.77. The monoisotopic (exact) mass is 452 g/mol. The molecule has 5 aromatic rings. The molecule has 4 heterocycles. The lowest BCUT2D eigenvalue weighted by molar-refractivity contribution is 0.103. The average Bonchev–Trinajstić information content (AvgIpc) is 3.50. The number of aryl methyl sites for hydroxylation is 1. The van der Waals surface area contributed by atoms with Crippen LogP contribution in [-0.4, -0.2) is 27.3 Å². The number of nitrogens with one attached hydrogen (secondary N) is 2. The van der Waals surface area contributed by atoms with E-state index in [0.29, 0.717) is 18.7 Å². The summed E-state index contributed by atoms with van der Waals surface area (Å²) >= 11 is 1.57. The minimum Gasteiger partial charge on any atom is -0.370 e. The van der Waals surface area contributed by atoms with E-state index in [1.807, 2.05) is 66.9 Å². The van der Waals surface area contributed by atoms with Gasteiger partial charge in [0.15, 0.2) is 0 Å². The third-order valence-corrected chi connectivity index (χ3v) is 6.91. The Morgan fingerprint density at radius 2 is 1.88 bits per heavy atom. The fourth-order valence-corrected chi connectivity index (χ4v) is 4.86. The number of anilines is 1. The van der Waals surface area contributed by atoms with Gasteiger partial charge in [-0.05, 0) is 60.9 Å². The maximum absolute atomic E-state index is 13.3. The quantitative estimate of drug-likeness (QED) is 0.278. The van der Waals surface area contributed by atoms with E-state index in [9.17, 15) is 4.79 Å². The van der Waals surface area contributed by atoms with Gasteiger partial charge in [-0.3, -0.25) is 9.78 Å². The molecule has 0 bridgehead atoms. The lowest BCUT2D eigenvalue weighted by Gasteiger charge is -2.08. The molecule has 0 aliphatic rings. The molecule has 4 aromatic heterocycles. The van der Waals surface area contributed by atoms with E-state index in [0.717, 1.165) is 44.8 Å². The molecule has 0 fully saturated rings. The second-order valence-corrected chi connectivity index (χ2v) is 8.96. The van der Waals surface area contributed by atoms with E-state index in [1.54, 1.807) is 17.5 Å². The first-order valence-electron chi connectivity index (χ1n) is 11.1. The van der Waals surface area contributed by atoms with Crippen molar-refractivity contribution in [3.63, 3.8) is 0 Å². The molecular formula is C27H24N4OS. The fraction of sp³-hybridized carbons (Fsp3) is 0.148. The van der Waals surface area contributed by atoms with Gasteiger partial charge in [-0.25, -0.2) is 4.98 Å². The Labute approximate surface area is 196 Å². The molecule has 5 nitrogen and oxygen atoms in total. The molecule has 164 valence electrons. The Balaban J connectivity index is 1.34. The van der Waals surface area contributed by atoms with E-state index < -0.39 is 0 Å². The van der Waals surface area contributed by atoms with E-state index in [2.05, 4.69) is 33.3 Å². The van der Waals surface area contributed by atoms with E-state index >= 15 is 0 Å². The zero-order chi connectivity index (χ0) is 22.6. The number of hydrogen-bond donors (Lipinski definition) is 2. The topological polar surface area (TPSA) is 70.7 Å². The molecule has 0 unspecified atom stereocenters. The number of nitrogens with zero attached hydrogens (tertiary/aromatic N) is 2. The summed E-state index contributed by atoms with van der Waals surface area (Å²) in [4.78, 5) is 27.6. The SMILES string of the molecule is CCc1ccc(C(=O)c2[nH]c3ccccc3c2CCNc2ccc(-c3ccccn3)cn2)s1. The van der Waals surface area contributed by atoms with Gasteiger partial charge in [-0.2, -0.15) is 0 Å². The number of ketones is 1. The van der Waals surface area contributed by atoms with Crippen molar-refractivity contribution >= 4 is 33.8 Å². The standard InChI is InChI=1S/C27H24N4OS/c1-2-19-11-12-24(33-19)27(32)26-21(20-7-3-4-9-23(20)31-26)14-16-29-25-13-10-18(17-30-25)22-8-5-6-15-28-22/h3-13,15,17,31H,2,14,16H2,1H3,(H,29,30). The average molecular weight is 453 g/mol. The lowest BCUT2D eigenvalue weighted by Crippen LogP contribution is -2.10. The summed E-state index contributed by atoms with van der Waals surface area (Å²) in [7, 11) is 0. The number of aromatic amines is 1. The predicted octanol–water partition coefficient (Wildman–Crippen LogP) is 6.13. The molecule has 6 heteroatoms. The maximum atomic E-state index is 13.3. The Morgan fingerprint density at radius 1 is 1.00 bits per heavy atom. The summed E-state index contributed by atoms with van der Waals surface area (Å²) in [6.45, 7) is 2.78. The molecule has 0 spiro atoms. The number of H-pyrrole nitrogens is 1. The molecule has 1 aromatic carbocycles. The Bertz CT molecular complexity index is 1390. The van der Waals surface area contributed by atoms with Crippen LogP contribution in [0.15, 0.2) is 79.1 Å². The van der Waals surface area contributed by atoms with Crippen molar-refractivity contribution in [2.75, 3.05) is 11.9 Å². The molecule has 33 heavy (non-hydrogen) atoms. The van der Waals surface area contributed by atoms with Gasteiger partial charge >= 0.3 is 0 Å². The number of carbonyl (C=O) groups excluding carboxylic acids is 1.